The number of amides is 1. The van der Waals surface area contributed by atoms with E-state index in [2.05, 4.69) is 4.90 Å². The summed E-state index contributed by atoms with van der Waals surface area (Å²) in [4.78, 5) is 14.5. The SMILES string of the molecule is COCCOCOc1ccccc1N1CCN(C(=O)O)CC1. The third kappa shape index (κ3) is 4.51. The Bertz CT molecular complexity index is 475. The van der Waals surface area contributed by atoms with Crippen LogP contribution in [-0.2, 0) is 9.47 Å². The molecule has 122 valence electrons. The van der Waals surface area contributed by atoms with Crippen molar-refractivity contribution in [1.82, 2.24) is 4.90 Å². The highest BCUT2D eigenvalue weighted by molar-refractivity contribution is 5.66. The molecule has 0 aliphatic carbocycles. The summed E-state index contributed by atoms with van der Waals surface area (Å²) in [7, 11) is 1.62. The second-order valence-electron chi connectivity index (χ2n) is 4.89. The third-order valence-corrected chi connectivity index (χ3v) is 3.49. The maximum atomic E-state index is 10.9. The smallest absolute Gasteiger partial charge is 0.407 e. The molecule has 7 nitrogen and oxygen atoms in total. The third-order valence-electron chi connectivity index (χ3n) is 3.49. The monoisotopic (exact) mass is 310 g/mol. The lowest BCUT2D eigenvalue weighted by Crippen LogP contribution is -2.48. The Morgan fingerprint density at radius 2 is 1.91 bits per heavy atom. The zero-order chi connectivity index (χ0) is 15.8. The maximum Gasteiger partial charge on any atom is 0.407 e. The van der Waals surface area contributed by atoms with Crippen molar-refractivity contribution in [1.29, 1.82) is 0 Å². The van der Waals surface area contributed by atoms with Gasteiger partial charge in [-0.15, -0.1) is 0 Å². The first-order valence-electron chi connectivity index (χ1n) is 7.23. The van der Waals surface area contributed by atoms with Gasteiger partial charge < -0.3 is 29.1 Å². The van der Waals surface area contributed by atoms with Gasteiger partial charge in [-0.05, 0) is 12.1 Å². The fourth-order valence-corrected chi connectivity index (χ4v) is 2.29. The van der Waals surface area contributed by atoms with E-state index >= 15 is 0 Å². The zero-order valence-corrected chi connectivity index (χ0v) is 12.7. The van der Waals surface area contributed by atoms with Crippen LogP contribution in [0.25, 0.3) is 0 Å². The van der Waals surface area contributed by atoms with Crippen molar-refractivity contribution in [2.45, 2.75) is 0 Å². The molecular formula is C15H22N2O5. The number of anilines is 1. The number of carbonyl (C=O) groups is 1. The first-order valence-corrected chi connectivity index (χ1v) is 7.23. The molecule has 0 spiro atoms. The number of carboxylic acid groups (broad SMARTS) is 1. The summed E-state index contributed by atoms with van der Waals surface area (Å²) in [5.74, 6) is 0.740. The van der Waals surface area contributed by atoms with Crippen LogP contribution in [0.2, 0.25) is 0 Å². The van der Waals surface area contributed by atoms with Crippen LogP contribution >= 0.6 is 0 Å². The molecule has 1 N–H and O–H groups in total. The number of nitrogens with zero attached hydrogens (tertiary/aromatic N) is 2. The van der Waals surface area contributed by atoms with E-state index in [4.69, 9.17) is 19.3 Å². The number of ether oxygens (including phenoxy) is 3. The van der Waals surface area contributed by atoms with Crippen LogP contribution < -0.4 is 9.64 Å². The van der Waals surface area contributed by atoms with Gasteiger partial charge in [0.1, 0.15) is 5.75 Å². The van der Waals surface area contributed by atoms with Crippen LogP contribution in [0.3, 0.4) is 0 Å². The summed E-state index contributed by atoms with van der Waals surface area (Å²) in [6, 6.07) is 7.71. The molecule has 0 radical (unpaired) electrons. The minimum atomic E-state index is -0.865. The van der Waals surface area contributed by atoms with Gasteiger partial charge in [0.25, 0.3) is 0 Å². The van der Waals surface area contributed by atoms with Crippen molar-refractivity contribution >= 4 is 11.8 Å². The van der Waals surface area contributed by atoms with E-state index in [1.165, 1.54) is 4.90 Å². The lowest BCUT2D eigenvalue weighted by atomic mass is 10.2. The molecule has 0 unspecified atom stereocenters. The number of hydrogen-bond donors (Lipinski definition) is 1. The minimum Gasteiger partial charge on any atom is -0.465 e. The summed E-state index contributed by atoms with van der Waals surface area (Å²) in [5.41, 5.74) is 0.961. The fourth-order valence-electron chi connectivity index (χ4n) is 2.29. The summed E-state index contributed by atoms with van der Waals surface area (Å²) in [6.45, 7) is 3.46. The van der Waals surface area contributed by atoms with Gasteiger partial charge in [0.15, 0.2) is 6.79 Å². The van der Waals surface area contributed by atoms with Crippen molar-refractivity contribution in [2.24, 2.45) is 0 Å². The van der Waals surface area contributed by atoms with Gasteiger partial charge in [-0.25, -0.2) is 4.79 Å². The molecule has 1 aliphatic heterocycles. The van der Waals surface area contributed by atoms with E-state index in [0.717, 1.165) is 11.4 Å². The number of piperazine rings is 1. The number of benzene rings is 1. The highest BCUT2D eigenvalue weighted by atomic mass is 16.7. The Labute approximate surface area is 130 Å². The number of methoxy groups -OCH3 is 1. The van der Waals surface area contributed by atoms with Crippen molar-refractivity contribution in [3.8, 4) is 5.75 Å². The molecule has 1 aliphatic rings. The van der Waals surface area contributed by atoms with E-state index < -0.39 is 6.09 Å². The van der Waals surface area contributed by atoms with Crippen molar-refractivity contribution in [2.75, 3.05) is 58.2 Å². The second kappa shape index (κ2) is 8.45. The van der Waals surface area contributed by atoms with Crippen LogP contribution in [0.1, 0.15) is 0 Å². The molecule has 22 heavy (non-hydrogen) atoms. The van der Waals surface area contributed by atoms with E-state index in [0.29, 0.717) is 39.4 Å². The number of rotatable bonds is 7. The van der Waals surface area contributed by atoms with Crippen LogP contribution in [-0.4, -0.2) is 69.4 Å². The molecule has 1 fully saturated rings. The topological polar surface area (TPSA) is 71.5 Å². The van der Waals surface area contributed by atoms with Gasteiger partial charge in [0.2, 0.25) is 0 Å². The molecule has 0 atom stereocenters. The zero-order valence-electron chi connectivity index (χ0n) is 12.7. The van der Waals surface area contributed by atoms with E-state index in [1.807, 2.05) is 24.3 Å². The van der Waals surface area contributed by atoms with E-state index in [9.17, 15) is 4.79 Å². The Hall–Kier alpha value is -1.99. The number of para-hydroxylation sites is 2. The molecule has 0 aromatic heterocycles. The fraction of sp³-hybridized carbons (Fsp3) is 0.533. The van der Waals surface area contributed by atoms with Crippen molar-refractivity contribution < 1.29 is 24.1 Å². The summed E-state index contributed by atoms with van der Waals surface area (Å²) in [6.07, 6.45) is -0.865. The largest absolute Gasteiger partial charge is 0.465 e. The normalized spacial score (nSPS) is 15.0. The summed E-state index contributed by atoms with van der Waals surface area (Å²) < 4.78 is 15.9. The van der Waals surface area contributed by atoms with E-state index in [1.54, 1.807) is 7.11 Å². The molecule has 2 rings (SSSR count). The lowest BCUT2D eigenvalue weighted by Gasteiger charge is -2.35. The molecule has 1 aromatic carbocycles. The van der Waals surface area contributed by atoms with Crippen LogP contribution in [0.15, 0.2) is 24.3 Å². The van der Waals surface area contributed by atoms with Gasteiger partial charge in [-0.3, -0.25) is 0 Å². The van der Waals surface area contributed by atoms with Gasteiger partial charge in [0, 0.05) is 33.3 Å². The first-order chi connectivity index (χ1) is 10.7. The predicted octanol–water partition coefficient (Wildman–Crippen LogP) is 1.49. The molecule has 1 heterocycles. The Kier molecular flexibility index (Phi) is 6.29. The molecule has 7 heteroatoms. The molecule has 1 aromatic rings. The molecule has 0 saturated carbocycles. The van der Waals surface area contributed by atoms with Crippen molar-refractivity contribution in [3.63, 3.8) is 0 Å². The Morgan fingerprint density at radius 3 is 2.59 bits per heavy atom. The Morgan fingerprint density at radius 1 is 1.18 bits per heavy atom. The predicted molar refractivity (Wildman–Crippen MR) is 81.6 cm³/mol. The molecule has 1 saturated heterocycles. The quantitative estimate of drug-likeness (QED) is 0.608. The average Bonchev–Trinajstić information content (AvgIpc) is 2.55. The summed E-state index contributed by atoms with van der Waals surface area (Å²) >= 11 is 0. The Balaban J connectivity index is 1.90. The van der Waals surface area contributed by atoms with Crippen LogP contribution in [0.4, 0.5) is 10.5 Å². The highest BCUT2D eigenvalue weighted by Crippen LogP contribution is 2.28. The standard InChI is InChI=1S/C15H22N2O5/c1-20-10-11-21-12-22-14-5-3-2-4-13(14)16-6-8-17(9-7-16)15(18)19/h2-5H,6-12H2,1H3,(H,18,19). The molecule has 0 bridgehead atoms. The molecule has 1 amide bonds. The average molecular weight is 310 g/mol. The maximum absolute atomic E-state index is 10.9. The molecular weight excluding hydrogens is 288 g/mol. The highest BCUT2D eigenvalue weighted by Gasteiger charge is 2.22. The van der Waals surface area contributed by atoms with Gasteiger partial charge in [-0.2, -0.15) is 0 Å². The van der Waals surface area contributed by atoms with Crippen LogP contribution in [0.5, 0.6) is 5.75 Å². The summed E-state index contributed by atoms with van der Waals surface area (Å²) in [5, 5.41) is 8.99. The van der Waals surface area contributed by atoms with Gasteiger partial charge in [-0.1, -0.05) is 12.1 Å². The van der Waals surface area contributed by atoms with Gasteiger partial charge >= 0.3 is 6.09 Å². The van der Waals surface area contributed by atoms with Crippen molar-refractivity contribution in [3.05, 3.63) is 24.3 Å². The van der Waals surface area contributed by atoms with Crippen LogP contribution in [0, 0.1) is 0 Å². The lowest BCUT2D eigenvalue weighted by molar-refractivity contribution is -0.00829. The first kappa shape index (κ1) is 16.4. The number of hydrogen-bond acceptors (Lipinski definition) is 5. The van der Waals surface area contributed by atoms with Gasteiger partial charge in [0.05, 0.1) is 18.9 Å². The minimum absolute atomic E-state index is 0.162. The van der Waals surface area contributed by atoms with E-state index in [-0.39, 0.29) is 6.79 Å². The second-order valence-corrected chi connectivity index (χ2v) is 4.89.